The van der Waals surface area contributed by atoms with Crippen LogP contribution < -0.4 is 10.6 Å². The molecule has 230 valence electrons. The molecule has 1 aliphatic heterocycles. The van der Waals surface area contributed by atoms with Gasteiger partial charge in [0.15, 0.2) is 0 Å². The van der Waals surface area contributed by atoms with Crippen LogP contribution in [0.25, 0.3) is 6.08 Å². The molecule has 0 fully saturated rings. The quantitative estimate of drug-likeness (QED) is 0.175. The van der Waals surface area contributed by atoms with Crippen molar-refractivity contribution >= 4 is 40.8 Å². The van der Waals surface area contributed by atoms with Crippen LogP contribution in [-0.4, -0.2) is 18.5 Å². The Kier molecular flexibility index (Phi) is 7.48. The van der Waals surface area contributed by atoms with E-state index in [2.05, 4.69) is 120 Å². The number of hydrogen-bond donors (Lipinski definition) is 2. The average molecular weight is 619 g/mol. The molecule has 1 heterocycles. The molecule has 0 bridgehead atoms. The lowest BCUT2D eigenvalue weighted by Crippen LogP contribution is -2.36. The highest BCUT2D eigenvalue weighted by Crippen LogP contribution is 2.61. The standard InChI is InChI=1S/C44H34N4/c45-27-13-16-34-29-33-26-25-31(30-47-40-22-10-7-19-36(40)43(46)32-14-3-1-4-15-32)28-39(33)44(34)37-20-8-11-23-41(37)48(35-17-5-2-6-18-35)42-24-12-9-21-38(42)44/h1-26,28-30,46H,27,45H2/b16-13-,46-43?,47-30?. The number of nitrogens with one attached hydrogen (secondary N) is 1. The molecule has 0 saturated carbocycles. The Morgan fingerprint density at radius 3 is 2.02 bits per heavy atom. The molecule has 1 aliphatic carbocycles. The summed E-state index contributed by atoms with van der Waals surface area (Å²) in [6.45, 7) is 0.457. The predicted molar refractivity (Wildman–Crippen MR) is 200 cm³/mol. The monoisotopic (exact) mass is 618 g/mol. The molecule has 48 heavy (non-hydrogen) atoms. The summed E-state index contributed by atoms with van der Waals surface area (Å²) >= 11 is 0. The first kappa shape index (κ1) is 29.3. The van der Waals surface area contributed by atoms with Crippen LogP contribution >= 0.6 is 0 Å². The number of para-hydroxylation sites is 4. The second kappa shape index (κ2) is 12.3. The Balaban J connectivity index is 1.30. The number of aliphatic imine (C=N–C) groups is 1. The first-order valence-electron chi connectivity index (χ1n) is 16.2. The molecule has 8 rings (SSSR count). The summed E-state index contributed by atoms with van der Waals surface area (Å²) in [4.78, 5) is 7.35. The topological polar surface area (TPSA) is 65.5 Å². The molecule has 0 amide bonds. The van der Waals surface area contributed by atoms with Gasteiger partial charge in [-0.15, -0.1) is 0 Å². The van der Waals surface area contributed by atoms with Crippen molar-refractivity contribution in [2.45, 2.75) is 5.41 Å². The Morgan fingerprint density at radius 1 is 0.688 bits per heavy atom. The molecular weight excluding hydrogens is 585 g/mol. The van der Waals surface area contributed by atoms with E-state index in [1.165, 1.54) is 27.8 Å². The lowest BCUT2D eigenvalue weighted by molar-refractivity contribution is 0.746. The molecule has 2 aliphatic rings. The molecule has 0 saturated heterocycles. The van der Waals surface area contributed by atoms with E-state index in [1.54, 1.807) is 0 Å². The lowest BCUT2D eigenvalue weighted by atomic mass is 9.63. The van der Waals surface area contributed by atoms with Crippen molar-refractivity contribution in [2.75, 3.05) is 11.4 Å². The van der Waals surface area contributed by atoms with Crippen molar-refractivity contribution in [1.82, 2.24) is 0 Å². The molecule has 0 aromatic heterocycles. The SMILES string of the molecule is N=C(c1ccccc1)c1ccccc1N=Cc1ccc2c(c1)C1(C(/C=C\CN)=C2)c2ccccc2N(c2ccccc2)c2ccccc21. The smallest absolute Gasteiger partial charge is 0.0748 e. The van der Waals surface area contributed by atoms with Gasteiger partial charge in [-0.05, 0) is 75.9 Å². The lowest BCUT2D eigenvalue weighted by Gasteiger charge is -2.45. The highest BCUT2D eigenvalue weighted by Gasteiger charge is 2.50. The van der Waals surface area contributed by atoms with E-state index in [1.807, 2.05) is 60.8 Å². The Hall–Kier alpha value is -6.10. The van der Waals surface area contributed by atoms with Gasteiger partial charge in [0.05, 0.1) is 28.2 Å². The first-order chi connectivity index (χ1) is 23.7. The number of hydrogen-bond acceptors (Lipinski definition) is 4. The van der Waals surface area contributed by atoms with Crippen molar-refractivity contribution in [1.29, 1.82) is 5.41 Å². The summed E-state index contributed by atoms with van der Waals surface area (Å²) in [5.74, 6) is 0. The van der Waals surface area contributed by atoms with Gasteiger partial charge in [0.1, 0.15) is 0 Å². The summed E-state index contributed by atoms with van der Waals surface area (Å²) in [6, 6.07) is 52.4. The van der Waals surface area contributed by atoms with E-state index in [4.69, 9.17) is 16.1 Å². The van der Waals surface area contributed by atoms with Crippen molar-refractivity contribution in [3.8, 4) is 0 Å². The van der Waals surface area contributed by atoms with Crippen LogP contribution in [0.15, 0.2) is 174 Å². The fourth-order valence-electron chi connectivity index (χ4n) is 7.31. The molecule has 1 spiro atoms. The van der Waals surface area contributed by atoms with Gasteiger partial charge in [-0.3, -0.25) is 10.4 Å². The average Bonchev–Trinajstić information content (AvgIpc) is 3.47. The number of anilines is 3. The fraction of sp³-hybridized carbons (Fsp3) is 0.0455. The number of nitrogens with two attached hydrogens (primary N) is 1. The third kappa shape index (κ3) is 4.74. The van der Waals surface area contributed by atoms with Crippen molar-refractivity contribution in [3.63, 3.8) is 0 Å². The summed E-state index contributed by atoms with van der Waals surface area (Å²) in [5.41, 5.74) is 18.8. The van der Waals surface area contributed by atoms with Gasteiger partial charge in [-0.1, -0.05) is 127 Å². The number of allylic oxidation sites excluding steroid dienone is 2. The molecule has 3 N–H and O–H groups in total. The van der Waals surface area contributed by atoms with Gasteiger partial charge in [0, 0.05) is 29.6 Å². The molecule has 4 nitrogen and oxygen atoms in total. The van der Waals surface area contributed by atoms with Crippen molar-refractivity contribution < 1.29 is 0 Å². The first-order valence-corrected chi connectivity index (χ1v) is 16.2. The Morgan fingerprint density at radius 2 is 1.31 bits per heavy atom. The maximum Gasteiger partial charge on any atom is 0.0748 e. The molecule has 0 radical (unpaired) electrons. The van der Waals surface area contributed by atoms with E-state index < -0.39 is 5.41 Å². The van der Waals surface area contributed by atoms with Crippen LogP contribution in [0.1, 0.15) is 38.9 Å². The zero-order chi connectivity index (χ0) is 32.5. The minimum atomic E-state index is -0.559. The van der Waals surface area contributed by atoms with Gasteiger partial charge in [0.25, 0.3) is 0 Å². The molecule has 6 aromatic carbocycles. The maximum atomic E-state index is 8.92. The number of benzene rings is 6. The number of rotatable bonds is 7. The third-order valence-corrected chi connectivity index (χ3v) is 9.36. The third-order valence-electron chi connectivity index (χ3n) is 9.36. The highest BCUT2D eigenvalue weighted by atomic mass is 15.2. The Bertz CT molecular complexity index is 2200. The minimum absolute atomic E-state index is 0.454. The minimum Gasteiger partial charge on any atom is -0.327 e. The van der Waals surface area contributed by atoms with Crippen molar-refractivity contribution in [3.05, 3.63) is 208 Å². The maximum absolute atomic E-state index is 8.92. The van der Waals surface area contributed by atoms with Gasteiger partial charge in [-0.2, -0.15) is 0 Å². The summed E-state index contributed by atoms with van der Waals surface area (Å²) in [5, 5.41) is 8.92. The zero-order valence-corrected chi connectivity index (χ0v) is 26.4. The highest BCUT2D eigenvalue weighted by molar-refractivity contribution is 6.14. The van der Waals surface area contributed by atoms with E-state index in [9.17, 15) is 0 Å². The molecule has 0 atom stereocenters. The zero-order valence-electron chi connectivity index (χ0n) is 26.4. The molecular formula is C44H34N4. The molecule has 0 unspecified atom stereocenters. The van der Waals surface area contributed by atoms with Gasteiger partial charge >= 0.3 is 0 Å². The molecule has 6 aromatic rings. The van der Waals surface area contributed by atoms with Crippen molar-refractivity contribution in [2.24, 2.45) is 10.7 Å². The van der Waals surface area contributed by atoms with Gasteiger partial charge < -0.3 is 10.6 Å². The normalized spacial score (nSPS) is 14.2. The van der Waals surface area contributed by atoms with Crippen LogP contribution in [0.5, 0.6) is 0 Å². The van der Waals surface area contributed by atoms with E-state index in [0.29, 0.717) is 12.3 Å². The van der Waals surface area contributed by atoms with Gasteiger partial charge in [0.2, 0.25) is 0 Å². The van der Waals surface area contributed by atoms with Crippen LogP contribution in [0.2, 0.25) is 0 Å². The number of fused-ring (bicyclic) bond motifs is 6. The number of nitrogens with zero attached hydrogens (tertiary/aromatic N) is 2. The van der Waals surface area contributed by atoms with E-state index >= 15 is 0 Å². The van der Waals surface area contributed by atoms with E-state index in [0.717, 1.165) is 39.4 Å². The van der Waals surface area contributed by atoms with Crippen LogP contribution in [0.3, 0.4) is 0 Å². The second-order valence-corrected chi connectivity index (χ2v) is 12.1. The Labute approximate surface area is 281 Å². The van der Waals surface area contributed by atoms with Crippen LogP contribution in [0.4, 0.5) is 22.7 Å². The van der Waals surface area contributed by atoms with Crippen LogP contribution in [0, 0.1) is 5.41 Å². The predicted octanol–water partition coefficient (Wildman–Crippen LogP) is 9.88. The largest absolute Gasteiger partial charge is 0.327 e. The molecule has 4 heteroatoms. The summed E-state index contributed by atoms with van der Waals surface area (Å²) < 4.78 is 0. The van der Waals surface area contributed by atoms with E-state index in [-0.39, 0.29) is 0 Å². The van der Waals surface area contributed by atoms with Crippen LogP contribution in [-0.2, 0) is 5.41 Å². The van der Waals surface area contributed by atoms with Gasteiger partial charge in [-0.25, -0.2) is 0 Å². The summed E-state index contributed by atoms with van der Waals surface area (Å²) in [6.07, 6.45) is 8.49. The second-order valence-electron chi connectivity index (χ2n) is 12.1. The summed E-state index contributed by atoms with van der Waals surface area (Å²) in [7, 11) is 0. The fourth-order valence-corrected chi connectivity index (χ4v) is 7.31.